The molecule has 0 fully saturated rings. The average molecular weight is 241 g/mol. The van der Waals surface area contributed by atoms with Crippen LogP contribution in [-0.2, 0) is 10.1 Å². The highest BCUT2D eigenvalue weighted by Crippen LogP contribution is 2.22. The maximum atomic E-state index is 10.3. The zero-order valence-electron chi connectivity index (χ0n) is 6.97. The molecule has 1 aliphatic heterocycles. The van der Waals surface area contributed by atoms with Crippen LogP contribution in [0.15, 0.2) is 4.99 Å². The van der Waals surface area contributed by atoms with Crippen LogP contribution in [0.2, 0.25) is 0 Å². The lowest BCUT2D eigenvalue weighted by molar-refractivity contribution is 0.482. The van der Waals surface area contributed by atoms with E-state index in [0.29, 0.717) is 12.2 Å². The standard InChI is InChI=1S/C6H11NO3S3/c8-13(9,10)5-1-3-11-6-7-2-4-12-6/h1-5H2,(H,8,9,10). The van der Waals surface area contributed by atoms with Crippen molar-refractivity contribution < 1.29 is 13.0 Å². The van der Waals surface area contributed by atoms with E-state index in [4.69, 9.17) is 4.55 Å². The van der Waals surface area contributed by atoms with Crippen LogP contribution >= 0.6 is 23.5 Å². The Hall–Kier alpha value is 0.280. The third-order valence-corrected chi connectivity index (χ3v) is 4.47. The fourth-order valence-corrected chi connectivity index (χ4v) is 3.51. The van der Waals surface area contributed by atoms with Crippen molar-refractivity contribution in [1.29, 1.82) is 0 Å². The molecule has 0 spiro atoms. The molecule has 0 aliphatic carbocycles. The van der Waals surface area contributed by atoms with Crippen LogP contribution in [0.3, 0.4) is 0 Å². The largest absolute Gasteiger partial charge is 0.286 e. The van der Waals surface area contributed by atoms with E-state index in [1.54, 1.807) is 23.5 Å². The maximum Gasteiger partial charge on any atom is 0.264 e. The van der Waals surface area contributed by atoms with E-state index in [1.165, 1.54) is 0 Å². The van der Waals surface area contributed by atoms with E-state index in [-0.39, 0.29) is 5.75 Å². The fraction of sp³-hybridized carbons (Fsp3) is 0.833. The van der Waals surface area contributed by atoms with Gasteiger partial charge in [-0.2, -0.15) is 8.42 Å². The van der Waals surface area contributed by atoms with Gasteiger partial charge in [0.05, 0.1) is 12.3 Å². The van der Waals surface area contributed by atoms with Gasteiger partial charge >= 0.3 is 0 Å². The molecule has 0 aromatic heterocycles. The van der Waals surface area contributed by atoms with Crippen molar-refractivity contribution in [2.45, 2.75) is 6.42 Å². The van der Waals surface area contributed by atoms with Crippen LogP contribution < -0.4 is 0 Å². The Balaban J connectivity index is 2.07. The minimum Gasteiger partial charge on any atom is -0.286 e. The molecule has 4 nitrogen and oxygen atoms in total. The van der Waals surface area contributed by atoms with E-state index in [9.17, 15) is 8.42 Å². The summed E-state index contributed by atoms with van der Waals surface area (Å²) in [6.07, 6.45) is 0.475. The lowest BCUT2D eigenvalue weighted by Crippen LogP contribution is -2.04. The summed E-state index contributed by atoms with van der Waals surface area (Å²) in [4.78, 5) is 4.20. The van der Waals surface area contributed by atoms with Gasteiger partial charge in [0.1, 0.15) is 4.38 Å². The molecule has 0 atom stereocenters. The second-order valence-electron chi connectivity index (χ2n) is 2.48. The van der Waals surface area contributed by atoms with Crippen LogP contribution in [0, 0.1) is 0 Å². The van der Waals surface area contributed by atoms with Gasteiger partial charge < -0.3 is 0 Å². The van der Waals surface area contributed by atoms with Crippen LogP contribution in [0.5, 0.6) is 0 Å². The number of thioether (sulfide) groups is 2. The summed E-state index contributed by atoms with van der Waals surface area (Å²) in [6.45, 7) is 0.866. The first kappa shape index (κ1) is 11.4. The molecule has 0 saturated heterocycles. The Labute approximate surface area is 86.3 Å². The summed E-state index contributed by atoms with van der Waals surface area (Å²) in [7, 11) is -3.78. The van der Waals surface area contributed by atoms with Crippen LogP contribution in [0.1, 0.15) is 6.42 Å². The highest BCUT2D eigenvalue weighted by Gasteiger charge is 2.08. The lowest BCUT2D eigenvalue weighted by Gasteiger charge is -1.98. The first-order valence-electron chi connectivity index (χ1n) is 3.83. The van der Waals surface area contributed by atoms with Gasteiger partial charge in [-0.25, -0.2) is 0 Å². The number of hydrogen-bond acceptors (Lipinski definition) is 5. The lowest BCUT2D eigenvalue weighted by atomic mass is 10.6. The molecule has 1 heterocycles. The average Bonchev–Trinajstić information content (AvgIpc) is 2.48. The molecular weight excluding hydrogens is 230 g/mol. The Morgan fingerprint density at radius 1 is 1.62 bits per heavy atom. The summed E-state index contributed by atoms with van der Waals surface area (Å²) in [5.74, 6) is 1.57. The number of aliphatic imine (C=N–C) groups is 1. The van der Waals surface area contributed by atoms with Crippen molar-refractivity contribution in [2.24, 2.45) is 4.99 Å². The normalized spacial score (nSPS) is 17.5. The molecule has 0 radical (unpaired) electrons. The van der Waals surface area contributed by atoms with Crippen molar-refractivity contribution in [2.75, 3.05) is 23.8 Å². The Morgan fingerprint density at radius 3 is 2.92 bits per heavy atom. The monoisotopic (exact) mass is 241 g/mol. The Bertz CT molecular complexity index is 285. The number of rotatable bonds is 4. The highest BCUT2D eigenvalue weighted by molar-refractivity contribution is 8.39. The van der Waals surface area contributed by atoms with Crippen LogP contribution in [0.25, 0.3) is 0 Å². The Morgan fingerprint density at radius 2 is 2.38 bits per heavy atom. The SMILES string of the molecule is O=S(=O)(O)CCCSC1=NCCS1. The summed E-state index contributed by atoms with van der Waals surface area (Å²) >= 11 is 3.26. The van der Waals surface area contributed by atoms with Crippen molar-refractivity contribution in [3.05, 3.63) is 0 Å². The molecule has 0 bridgehead atoms. The van der Waals surface area contributed by atoms with E-state index >= 15 is 0 Å². The van der Waals surface area contributed by atoms with Crippen molar-refractivity contribution >= 4 is 38.0 Å². The van der Waals surface area contributed by atoms with Gasteiger partial charge in [-0.05, 0) is 6.42 Å². The minimum absolute atomic E-state index is 0.155. The molecule has 1 aliphatic rings. The van der Waals surface area contributed by atoms with Gasteiger partial charge in [0.2, 0.25) is 0 Å². The topological polar surface area (TPSA) is 66.7 Å². The van der Waals surface area contributed by atoms with E-state index in [0.717, 1.165) is 16.7 Å². The van der Waals surface area contributed by atoms with Gasteiger partial charge in [-0.3, -0.25) is 9.55 Å². The van der Waals surface area contributed by atoms with Gasteiger partial charge in [0.25, 0.3) is 10.1 Å². The molecular formula is C6H11NO3S3. The third-order valence-electron chi connectivity index (χ3n) is 1.33. The van der Waals surface area contributed by atoms with Crippen molar-refractivity contribution in [3.8, 4) is 0 Å². The molecule has 13 heavy (non-hydrogen) atoms. The number of nitrogens with zero attached hydrogens (tertiary/aromatic N) is 1. The predicted octanol–water partition coefficient (Wildman–Crippen LogP) is 1.10. The zero-order valence-corrected chi connectivity index (χ0v) is 9.42. The molecule has 1 rings (SSSR count). The molecule has 0 aromatic carbocycles. The fourth-order valence-electron chi connectivity index (χ4n) is 0.804. The van der Waals surface area contributed by atoms with E-state index < -0.39 is 10.1 Å². The second kappa shape index (κ2) is 5.23. The summed E-state index contributed by atoms with van der Waals surface area (Å²) in [5.41, 5.74) is 0. The Kier molecular flexibility index (Phi) is 4.57. The molecule has 0 aromatic rings. The second-order valence-corrected chi connectivity index (χ2v) is 6.48. The van der Waals surface area contributed by atoms with Crippen LogP contribution in [-0.4, -0.2) is 41.1 Å². The van der Waals surface area contributed by atoms with Gasteiger partial charge in [0, 0.05) is 11.5 Å². The molecule has 7 heteroatoms. The molecule has 0 amide bonds. The summed E-state index contributed by atoms with van der Waals surface area (Å²) in [6, 6.07) is 0. The maximum absolute atomic E-state index is 10.3. The zero-order chi connectivity index (χ0) is 9.73. The number of hydrogen-bond donors (Lipinski definition) is 1. The molecule has 0 unspecified atom stereocenters. The van der Waals surface area contributed by atoms with Gasteiger partial charge in [-0.1, -0.05) is 23.5 Å². The van der Waals surface area contributed by atoms with Gasteiger partial charge in [-0.15, -0.1) is 0 Å². The highest BCUT2D eigenvalue weighted by atomic mass is 32.2. The first-order valence-corrected chi connectivity index (χ1v) is 7.41. The van der Waals surface area contributed by atoms with Gasteiger partial charge in [0.15, 0.2) is 0 Å². The minimum atomic E-state index is -3.78. The first-order chi connectivity index (χ1) is 6.08. The summed E-state index contributed by atoms with van der Waals surface area (Å²) < 4.78 is 30.2. The summed E-state index contributed by atoms with van der Waals surface area (Å²) in [5, 5.41) is 0. The smallest absolute Gasteiger partial charge is 0.264 e. The van der Waals surface area contributed by atoms with E-state index in [1.807, 2.05) is 0 Å². The predicted molar refractivity (Wildman–Crippen MR) is 58.3 cm³/mol. The van der Waals surface area contributed by atoms with E-state index in [2.05, 4.69) is 4.99 Å². The van der Waals surface area contributed by atoms with Crippen molar-refractivity contribution in [3.63, 3.8) is 0 Å². The van der Waals surface area contributed by atoms with Crippen molar-refractivity contribution in [1.82, 2.24) is 0 Å². The third kappa shape index (κ3) is 5.56. The molecule has 1 N–H and O–H groups in total. The molecule has 76 valence electrons. The quantitative estimate of drug-likeness (QED) is 0.590. The van der Waals surface area contributed by atoms with Crippen LogP contribution in [0.4, 0.5) is 0 Å². The molecule has 0 saturated carbocycles.